The summed E-state index contributed by atoms with van der Waals surface area (Å²) in [5.74, 6) is -0.305. The molecule has 2 aromatic carbocycles. The van der Waals surface area contributed by atoms with Gasteiger partial charge >= 0.3 is 0 Å². The van der Waals surface area contributed by atoms with Crippen molar-refractivity contribution >= 4 is 23.0 Å². The lowest BCUT2D eigenvalue weighted by Gasteiger charge is -2.12. The Morgan fingerprint density at radius 3 is 2.72 bits per heavy atom. The normalized spacial score (nSPS) is 10.4. The maximum Gasteiger partial charge on any atom is 0.129 e. The van der Waals surface area contributed by atoms with Gasteiger partial charge in [-0.3, -0.25) is 0 Å². The van der Waals surface area contributed by atoms with Crippen LogP contribution in [-0.2, 0) is 6.54 Å². The molecule has 0 unspecified atom stereocenters. The van der Waals surface area contributed by atoms with Gasteiger partial charge in [-0.1, -0.05) is 23.7 Å². The fraction of sp³-hybridized carbons (Fsp3) is 0.143. The lowest BCUT2D eigenvalue weighted by Crippen LogP contribution is -2.04. The van der Waals surface area contributed by atoms with Crippen LogP contribution in [0.25, 0.3) is 0 Å². The molecule has 0 amide bonds. The second kappa shape index (κ2) is 5.38. The predicted octanol–water partition coefficient (Wildman–Crippen LogP) is 3.99. The number of halogens is 2. The Labute approximate surface area is 111 Å². The van der Waals surface area contributed by atoms with E-state index in [9.17, 15) is 4.39 Å². The second-order valence-electron chi connectivity index (χ2n) is 4.06. The molecule has 2 nitrogen and oxygen atoms in total. The summed E-state index contributed by atoms with van der Waals surface area (Å²) < 4.78 is 13.6. The van der Waals surface area contributed by atoms with Crippen LogP contribution in [0.1, 0.15) is 11.1 Å². The van der Waals surface area contributed by atoms with Crippen molar-refractivity contribution in [1.29, 1.82) is 0 Å². The standard InChI is InChI=1S/C14H14ClFN2/c1-9-5-6-10(7-12(9)15)18-14-4-2-3-13(16)11(14)8-17/h2-7,18H,8,17H2,1H3. The molecule has 0 aromatic heterocycles. The molecule has 0 spiro atoms. The van der Waals surface area contributed by atoms with Crippen LogP contribution in [0.2, 0.25) is 5.02 Å². The molecular weight excluding hydrogens is 251 g/mol. The Kier molecular flexibility index (Phi) is 3.84. The third-order valence-electron chi connectivity index (χ3n) is 2.77. The number of nitrogens with two attached hydrogens (primary N) is 1. The monoisotopic (exact) mass is 264 g/mol. The van der Waals surface area contributed by atoms with Crippen molar-refractivity contribution in [2.45, 2.75) is 13.5 Å². The first-order chi connectivity index (χ1) is 8.61. The first-order valence-electron chi connectivity index (χ1n) is 5.62. The van der Waals surface area contributed by atoms with Gasteiger partial charge in [0, 0.05) is 28.5 Å². The zero-order valence-electron chi connectivity index (χ0n) is 10.0. The van der Waals surface area contributed by atoms with Gasteiger partial charge in [-0.25, -0.2) is 4.39 Å². The Bertz CT molecular complexity index is 570. The van der Waals surface area contributed by atoms with Gasteiger partial charge in [0.25, 0.3) is 0 Å². The number of aryl methyl sites for hydroxylation is 1. The first kappa shape index (κ1) is 12.9. The summed E-state index contributed by atoms with van der Waals surface area (Å²) in [6.45, 7) is 2.08. The van der Waals surface area contributed by atoms with E-state index in [0.29, 0.717) is 16.3 Å². The summed E-state index contributed by atoms with van der Waals surface area (Å²) in [6.07, 6.45) is 0. The number of anilines is 2. The minimum absolute atomic E-state index is 0.147. The molecule has 2 rings (SSSR count). The molecule has 2 aromatic rings. The molecule has 0 aliphatic rings. The maximum absolute atomic E-state index is 13.6. The average molecular weight is 265 g/mol. The van der Waals surface area contributed by atoms with E-state index in [-0.39, 0.29) is 12.4 Å². The quantitative estimate of drug-likeness (QED) is 0.880. The highest BCUT2D eigenvalue weighted by atomic mass is 35.5. The fourth-order valence-electron chi connectivity index (χ4n) is 1.71. The third kappa shape index (κ3) is 2.63. The van der Waals surface area contributed by atoms with Crippen LogP contribution in [0.4, 0.5) is 15.8 Å². The number of hydrogen-bond acceptors (Lipinski definition) is 2. The molecule has 0 aliphatic heterocycles. The van der Waals surface area contributed by atoms with Gasteiger partial charge in [-0.05, 0) is 36.8 Å². The molecular formula is C14H14ClFN2. The van der Waals surface area contributed by atoms with E-state index in [1.54, 1.807) is 12.1 Å². The lowest BCUT2D eigenvalue weighted by molar-refractivity contribution is 0.611. The number of nitrogens with one attached hydrogen (secondary N) is 1. The Balaban J connectivity index is 2.34. The molecule has 0 bridgehead atoms. The SMILES string of the molecule is Cc1ccc(Nc2cccc(F)c2CN)cc1Cl. The van der Waals surface area contributed by atoms with E-state index in [1.807, 2.05) is 25.1 Å². The van der Waals surface area contributed by atoms with E-state index < -0.39 is 0 Å². The summed E-state index contributed by atoms with van der Waals surface area (Å²) in [6, 6.07) is 10.4. The van der Waals surface area contributed by atoms with Crippen LogP contribution < -0.4 is 11.1 Å². The molecule has 4 heteroatoms. The van der Waals surface area contributed by atoms with Gasteiger partial charge in [0.05, 0.1) is 0 Å². The zero-order chi connectivity index (χ0) is 13.1. The zero-order valence-corrected chi connectivity index (χ0v) is 10.8. The number of benzene rings is 2. The molecule has 0 saturated carbocycles. The van der Waals surface area contributed by atoms with Crippen molar-refractivity contribution in [3.05, 3.63) is 58.4 Å². The van der Waals surface area contributed by atoms with E-state index in [4.69, 9.17) is 17.3 Å². The summed E-state index contributed by atoms with van der Waals surface area (Å²) >= 11 is 6.05. The van der Waals surface area contributed by atoms with Crippen molar-refractivity contribution < 1.29 is 4.39 Å². The summed E-state index contributed by atoms with van der Waals surface area (Å²) in [7, 11) is 0. The van der Waals surface area contributed by atoms with Crippen LogP contribution in [0.15, 0.2) is 36.4 Å². The molecule has 3 N–H and O–H groups in total. The molecule has 0 atom stereocenters. The van der Waals surface area contributed by atoms with Crippen molar-refractivity contribution in [1.82, 2.24) is 0 Å². The van der Waals surface area contributed by atoms with Gasteiger partial charge in [0.2, 0.25) is 0 Å². The number of rotatable bonds is 3. The number of hydrogen-bond donors (Lipinski definition) is 2. The highest BCUT2D eigenvalue weighted by Crippen LogP contribution is 2.26. The third-order valence-corrected chi connectivity index (χ3v) is 3.18. The molecule has 0 aliphatic carbocycles. The van der Waals surface area contributed by atoms with Gasteiger partial charge in [0.15, 0.2) is 0 Å². The van der Waals surface area contributed by atoms with E-state index >= 15 is 0 Å². The molecule has 18 heavy (non-hydrogen) atoms. The topological polar surface area (TPSA) is 38.0 Å². The van der Waals surface area contributed by atoms with Gasteiger partial charge in [-0.15, -0.1) is 0 Å². The van der Waals surface area contributed by atoms with E-state index in [1.165, 1.54) is 6.07 Å². The lowest BCUT2D eigenvalue weighted by atomic mass is 10.1. The van der Waals surface area contributed by atoms with Crippen molar-refractivity contribution in [2.75, 3.05) is 5.32 Å². The van der Waals surface area contributed by atoms with Crippen molar-refractivity contribution in [2.24, 2.45) is 5.73 Å². The van der Waals surface area contributed by atoms with Crippen molar-refractivity contribution in [3.8, 4) is 0 Å². The predicted molar refractivity (Wildman–Crippen MR) is 73.8 cm³/mol. The second-order valence-corrected chi connectivity index (χ2v) is 4.47. The average Bonchev–Trinajstić information content (AvgIpc) is 2.34. The molecule has 0 fully saturated rings. The Morgan fingerprint density at radius 2 is 2.06 bits per heavy atom. The van der Waals surface area contributed by atoms with Crippen LogP contribution in [0.5, 0.6) is 0 Å². The van der Waals surface area contributed by atoms with Gasteiger partial charge < -0.3 is 11.1 Å². The maximum atomic E-state index is 13.6. The molecule has 94 valence electrons. The molecule has 0 heterocycles. The van der Waals surface area contributed by atoms with E-state index in [2.05, 4.69) is 5.32 Å². The fourth-order valence-corrected chi connectivity index (χ4v) is 1.89. The molecule has 0 radical (unpaired) electrons. The summed E-state index contributed by atoms with van der Waals surface area (Å²) in [5.41, 5.74) is 8.50. The Morgan fingerprint density at radius 1 is 1.28 bits per heavy atom. The minimum Gasteiger partial charge on any atom is -0.355 e. The highest BCUT2D eigenvalue weighted by Gasteiger charge is 2.07. The van der Waals surface area contributed by atoms with Gasteiger partial charge in [-0.2, -0.15) is 0 Å². The Hall–Kier alpha value is -1.58. The summed E-state index contributed by atoms with van der Waals surface area (Å²) in [4.78, 5) is 0. The molecule has 0 saturated heterocycles. The first-order valence-corrected chi connectivity index (χ1v) is 6.00. The van der Waals surface area contributed by atoms with Crippen molar-refractivity contribution in [3.63, 3.8) is 0 Å². The smallest absolute Gasteiger partial charge is 0.129 e. The van der Waals surface area contributed by atoms with Crippen LogP contribution in [0, 0.1) is 12.7 Å². The van der Waals surface area contributed by atoms with Crippen LogP contribution in [0.3, 0.4) is 0 Å². The van der Waals surface area contributed by atoms with Crippen LogP contribution in [-0.4, -0.2) is 0 Å². The summed E-state index contributed by atoms with van der Waals surface area (Å²) in [5, 5.41) is 3.80. The van der Waals surface area contributed by atoms with E-state index in [0.717, 1.165) is 11.3 Å². The van der Waals surface area contributed by atoms with Crippen LogP contribution >= 0.6 is 11.6 Å². The minimum atomic E-state index is -0.305. The highest BCUT2D eigenvalue weighted by molar-refractivity contribution is 6.31. The van der Waals surface area contributed by atoms with Gasteiger partial charge in [0.1, 0.15) is 5.82 Å². The largest absolute Gasteiger partial charge is 0.355 e.